The Morgan fingerprint density at radius 3 is 2.81 bits per heavy atom. The number of nitrogens with one attached hydrogen (secondary N) is 1. The van der Waals surface area contributed by atoms with Crippen molar-refractivity contribution in [3.63, 3.8) is 0 Å². The van der Waals surface area contributed by atoms with Gasteiger partial charge in [0, 0.05) is 12.3 Å². The molecule has 3 atom stereocenters. The van der Waals surface area contributed by atoms with Crippen LogP contribution >= 0.6 is 11.8 Å². The minimum atomic E-state index is -0.924. The van der Waals surface area contributed by atoms with Crippen molar-refractivity contribution in [2.24, 2.45) is 5.92 Å². The summed E-state index contributed by atoms with van der Waals surface area (Å²) < 4.78 is 0. The van der Waals surface area contributed by atoms with E-state index in [1.54, 1.807) is 0 Å². The van der Waals surface area contributed by atoms with Crippen LogP contribution in [0.2, 0.25) is 0 Å². The van der Waals surface area contributed by atoms with Crippen LogP contribution < -0.4 is 5.32 Å². The molecular weight excluding hydrogens is 286 g/mol. The lowest BCUT2D eigenvalue weighted by molar-refractivity contribution is -0.140. The number of benzene rings is 1. The van der Waals surface area contributed by atoms with Gasteiger partial charge in [0.2, 0.25) is 0 Å². The van der Waals surface area contributed by atoms with Gasteiger partial charge < -0.3 is 5.11 Å². The predicted octanol–water partition coefficient (Wildman–Crippen LogP) is 1.87. The first-order chi connectivity index (χ1) is 10.1. The van der Waals surface area contributed by atoms with Gasteiger partial charge in [-0.05, 0) is 36.3 Å². The molecule has 0 radical (unpaired) electrons. The molecular formula is C16H19NO3S. The molecule has 1 saturated heterocycles. The zero-order valence-electron chi connectivity index (χ0n) is 11.7. The minimum Gasteiger partial charge on any atom is -0.480 e. The van der Waals surface area contributed by atoms with Crippen LogP contribution in [0.25, 0.3) is 0 Å². The number of rotatable bonds is 4. The second-order valence-corrected chi connectivity index (χ2v) is 6.93. The van der Waals surface area contributed by atoms with Crippen molar-refractivity contribution in [2.45, 2.75) is 37.0 Å². The summed E-state index contributed by atoms with van der Waals surface area (Å²) in [6.07, 6.45) is 3.47. The quantitative estimate of drug-likeness (QED) is 0.889. The fourth-order valence-electron chi connectivity index (χ4n) is 3.27. The molecule has 2 aliphatic rings. The highest BCUT2D eigenvalue weighted by Gasteiger charge is 2.38. The van der Waals surface area contributed by atoms with Crippen molar-refractivity contribution in [2.75, 3.05) is 5.88 Å². The summed E-state index contributed by atoms with van der Waals surface area (Å²) in [5.74, 6) is 0.0538. The summed E-state index contributed by atoms with van der Waals surface area (Å²) in [5, 5.41) is 11.6. The second-order valence-electron chi connectivity index (χ2n) is 5.80. The second kappa shape index (κ2) is 6.20. The van der Waals surface area contributed by atoms with E-state index in [1.165, 1.54) is 22.9 Å². The first-order valence-electron chi connectivity index (χ1n) is 7.32. The Bertz CT molecular complexity index is 560. The Morgan fingerprint density at radius 2 is 2.05 bits per heavy atom. The Labute approximate surface area is 128 Å². The van der Waals surface area contributed by atoms with Crippen molar-refractivity contribution in [1.82, 2.24) is 5.32 Å². The number of thioether (sulfide) groups is 1. The molecule has 21 heavy (non-hydrogen) atoms. The molecule has 0 spiro atoms. The van der Waals surface area contributed by atoms with Crippen LogP contribution in [0.15, 0.2) is 24.3 Å². The summed E-state index contributed by atoms with van der Waals surface area (Å²) in [5.41, 5.74) is 2.73. The predicted molar refractivity (Wildman–Crippen MR) is 82.4 cm³/mol. The molecule has 1 aliphatic carbocycles. The summed E-state index contributed by atoms with van der Waals surface area (Å²) in [4.78, 5) is 23.6. The smallest absolute Gasteiger partial charge is 0.322 e. The lowest BCUT2D eigenvalue weighted by Crippen LogP contribution is -2.42. The van der Waals surface area contributed by atoms with E-state index in [1.807, 2.05) is 6.07 Å². The van der Waals surface area contributed by atoms with E-state index in [-0.39, 0.29) is 5.78 Å². The van der Waals surface area contributed by atoms with Crippen molar-refractivity contribution in [3.05, 3.63) is 35.4 Å². The monoisotopic (exact) mass is 305 g/mol. The van der Waals surface area contributed by atoms with Gasteiger partial charge in [-0.3, -0.25) is 14.9 Å². The average Bonchev–Trinajstić information content (AvgIpc) is 2.97. The highest BCUT2D eigenvalue weighted by atomic mass is 32.2. The Balaban J connectivity index is 1.62. The van der Waals surface area contributed by atoms with Crippen LogP contribution in [0.3, 0.4) is 0 Å². The lowest BCUT2D eigenvalue weighted by atomic mass is 9.81. The molecule has 0 amide bonds. The van der Waals surface area contributed by atoms with Gasteiger partial charge in [0.25, 0.3) is 0 Å². The van der Waals surface area contributed by atoms with E-state index in [0.717, 1.165) is 19.3 Å². The third kappa shape index (κ3) is 3.14. The molecule has 0 bridgehead atoms. The highest BCUT2D eigenvalue weighted by molar-refractivity contribution is 8.00. The van der Waals surface area contributed by atoms with E-state index in [2.05, 4.69) is 23.5 Å². The normalized spacial score (nSPS) is 28.1. The van der Waals surface area contributed by atoms with Gasteiger partial charge in [0.1, 0.15) is 11.8 Å². The molecule has 1 heterocycles. The molecule has 1 aliphatic heterocycles. The van der Waals surface area contributed by atoms with Gasteiger partial charge >= 0.3 is 5.97 Å². The fraction of sp³-hybridized carbons (Fsp3) is 0.500. The van der Waals surface area contributed by atoms with Crippen LogP contribution in [0.1, 0.15) is 24.0 Å². The van der Waals surface area contributed by atoms with E-state index in [4.69, 9.17) is 5.11 Å². The Hall–Kier alpha value is -1.33. The van der Waals surface area contributed by atoms with Gasteiger partial charge in [-0.15, -0.1) is 11.8 Å². The Morgan fingerprint density at radius 1 is 1.29 bits per heavy atom. The van der Waals surface area contributed by atoms with Crippen molar-refractivity contribution >= 4 is 23.5 Å². The molecule has 112 valence electrons. The van der Waals surface area contributed by atoms with Crippen LogP contribution in [0, 0.1) is 5.92 Å². The highest BCUT2D eigenvalue weighted by Crippen LogP contribution is 2.30. The van der Waals surface area contributed by atoms with Gasteiger partial charge in [-0.1, -0.05) is 24.3 Å². The van der Waals surface area contributed by atoms with E-state index >= 15 is 0 Å². The maximum absolute atomic E-state index is 12.4. The number of carboxylic acids is 1. The average molecular weight is 305 g/mol. The molecule has 1 aromatic rings. The lowest BCUT2D eigenvalue weighted by Gasteiger charge is -2.25. The third-order valence-electron chi connectivity index (χ3n) is 4.39. The van der Waals surface area contributed by atoms with Gasteiger partial charge in [-0.2, -0.15) is 0 Å². The number of Topliss-reactive ketones (excluding diaryl/α,β-unsaturated/α-hetero) is 1. The van der Waals surface area contributed by atoms with Crippen LogP contribution in [0.5, 0.6) is 0 Å². The summed E-state index contributed by atoms with van der Waals surface area (Å²) in [6.45, 7) is 0. The number of carbonyl (C=O) groups is 2. The number of carbonyl (C=O) groups excluding carboxylic acids is 1. The first-order valence-corrected chi connectivity index (χ1v) is 8.37. The standard InChI is InChI=1S/C16H19NO3S/c18-13(15-14(16(19)20)17-9-21-15)8-10-5-6-11-3-1-2-4-12(11)7-10/h1-4,10,14-15,17H,5-9H2,(H,19,20)/t10-,14-,15?/m0/s1. The molecule has 4 nitrogen and oxygen atoms in total. The third-order valence-corrected chi connectivity index (χ3v) is 5.62. The van der Waals surface area contributed by atoms with Gasteiger partial charge in [-0.25, -0.2) is 0 Å². The van der Waals surface area contributed by atoms with Crippen LogP contribution in [0.4, 0.5) is 0 Å². The number of ketones is 1. The zero-order valence-corrected chi connectivity index (χ0v) is 12.6. The van der Waals surface area contributed by atoms with E-state index in [9.17, 15) is 9.59 Å². The topological polar surface area (TPSA) is 66.4 Å². The maximum atomic E-state index is 12.4. The number of hydrogen-bond acceptors (Lipinski definition) is 4. The molecule has 2 N–H and O–H groups in total. The van der Waals surface area contributed by atoms with E-state index < -0.39 is 17.3 Å². The molecule has 0 aromatic heterocycles. The first kappa shape index (κ1) is 14.6. The zero-order chi connectivity index (χ0) is 14.8. The molecule has 1 fully saturated rings. The molecule has 3 rings (SSSR count). The Kier molecular flexibility index (Phi) is 4.31. The largest absolute Gasteiger partial charge is 0.480 e. The molecule has 1 aromatic carbocycles. The SMILES string of the molecule is O=C(C[C@H]1CCc2ccccc2C1)C1SCN[C@@H]1C(=O)O. The molecule has 1 unspecified atom stereocenters. The summed E-state index contributed by atoms with van der Waals surface area (Å²) in [6, 6.07) is 7.67. The number of carboxylic acid groups (broad SMARTS) is 1. The molecule has 5 heteroatoms. The number of aliphatic carboxylic acids is 1. The van der Waals surface area contributed by atoms with Crippen molar-refractivity contribution < 1.29 is 14.7 Å². The van der Waals surface area contributed by atoms with Gasteiger partial charge in [0.05, 0.1) is 5.25 Å². The maximum Gasteiger partial charge on any atom is 0.322 e. The van der Waals surface area contributed by atoms with Crippen molar-refractivity contribution in [3.8, 4) is 0 Å². The van der Waals surface area contributed by atoms with Crippen LogP contribution in [-0.4, -0.2) is 34.0 Å². The number of hydrogen-bond donors (Lipinski definition) is 2. The molecule has 0 saturated carbocycles. The number of aryl methyl sites for hydroxylation is 1. The number of fused-ring (bicyclic) bond motifs is 1. The summed E-state index contributed by atoms with van der Waals surface area (Å²) in [7, 11) is 0. The fourth-order valence-corrected chi connectivity index (χ4v) is 4.42. The minimum absolute atomic E-state index is 0.0850. The summed E-state index contributed by atoms with van der Waals surface area (Å²) >= 11 is 1.42. The van der Waals surface area contributed by atoms with E-state index in [0.29, 0.717) is 18.2 Å². The van der Waals surface area contributed by atoms with Crippen LogP contribution in [-0.2, 0) is 22.4 Å². The van der Waals surface area contributed by atoms with Crippen molar-refractivity contribution in [1.29, 1.82) is 0 Å². The van der Waals surface area contributed by atoms with Gasteiger partial charge in [0.15, 0.2) is 0 Å².